The molecule has 2 atom stereocenters. The van der Waals surface area contributed by atoms with E-state index in [4.69, 9.17) is 5.73 Å². The first kappa shape index (κ1) is 20.9. The van der Waals surface area contributed by atoms with Crippen molar-refractivity contribution in [2.75, 3.05) is 12.3 Å². The highest BCUT2D eigenvalue weighted by Crippen LogP contribution is 2.33. The van der Waals surface area contributed by atoms with Gasteiger partial charge in [0.1, 0.15) is 0 Å². The van der Waals surface area contributed by atoms with E-state index in [1.165, 1.54) is 0 Å². The minimum absolute atomic E-state index is 0. The predicted octanol–water partition coefficient (Wildman–Crippen LogP) is 2.58. The van der Waals surface area contributed by atoms with E-state index in [-0.39, 0.29) is 24.9 Å². The molecule has 0 heterocycles. The minimum atomic E-state index is -4.32. The van der Waals surface area contributed by atoms with Gasteiger partial charge in [0.05, 0.1) is 5.75 Å². The molecule has 1 fully saturated rings. The molecule has 4 nitrogen and oxygen atoms in total. The fraction of sp³-hybridized carbons (Fsp3) is 1.00. The third-order valence-corrected chi connectivity index (χ3v) is 5.59. The first-order valence-electron chi connectivity index (χ1n) is 6.89. The zero-order valence-electron chi connectivity index (χ0n) is 12.1. The summed E-state index contributed by atoms with van der Waals surface area (Å²) < 4.78 is 62.7. The Labute approximate surface area is 130 Å². The molecule has 0 amide bonds. The number of hydrogen-bond acceptors (Lipinski definition) is 3. The van der Waals surface area contributed by atoms with Crippen molar-refractivity contribution in [3.05, 3.63) is 0 Å². The molecule has 1 rings (SSSR count). The average Bonchev–Trinajstić information content (AvgIpc) is 2.30. The normalized spacial score (nSPS) is 27.2. The molecule has 0 aromatic rings. The third-order valence-electron chi connectivity index (χ3n) is 4.05. The standard InChI is InChI=1S/C12H23F3N2O2S.ClH/c1-10-5-2-3-6-11(10,9-16)17-20(18,19)8-4-7-12(13,14)15;/h10,17H,2-9,16H2,1H3;1H. The van der Waals surface area contributed by atoms with Crippen LogP contribution in [0, 0.1) is 5.92 Å². The molecule has 128 valence electrons. The molecule has 0 radical (unpaired) electrons. The van der Waals surface area contributed by atoms with Crippen LogP contribution in [0.15, 0.2) is 0 Å². The van der Waals surface area contributed by atoms with Crippen LogP contribution in [0.5, 0.6) is 0 Å². The van der Waals surface area contributed by atoms with Crippen LogP contribution >= 0.6 is 12.4 Å². The number of sulfonamides is 1. The highest BCUT2D eigenvalue weighted by atomic mass is 35.5. The van der Waals surface area contributed by atoms with Crippen LogP contribution in [0.1, 0.15) is 45.4 Å². The van der Waals surface area contributed by atoms with Crippen LogP contribution in [0.2, 0.25) is 0 Å². The molecule has 1 aliphatic carbocycles. The van der Waals surface area contributed by atoms with E-state index in [2.05, 4.69) is 4.72 Å². The van der Waals surface area contributed by atoms with Gasteiger partial charge in [-0.15, -0.1) is 12.4 Å². The molecular weight excluding hydrogens is 329 g/mol. The number of halogens is 4. The second-order valence-corrected chi connectivity index (χ2v) is 7.49. The van der Waals surface area contributed by atoms with Crippen LogP contribution in [0.3, 0.4) is 0 Å². The summed E-state index contributed by atoms with van der Waals surface area (Å²) in [7, 11) is -3.74. The Morgan fingerprint density at radius 1 is 1.33 bits per heavy atom. The fourth-order valence-corrected chi connectivity index (χ4v) is 4.37. The first-order chi connectivity index (χ1) is 9.10. The van der Waals surface area contributed by atoms with Crippen molar-refractivity contribution >= 4 is 22.4 Å². The summed E-state index contributed by atoms with van der Waals surface area (Å²) in [5.41, 5.74) is 5.03. The van der Waals surface area contributed by atoms with Gasteiger partial charge in [-0.3, -0.25) is 0 Å². The first-order valence-corrected chi connectivity index (χ1v) is 8.54. The molecule has 0 saturated heterocycles. The van der Waals surface area contributed by atoms with Crippen molar-refractivity contribution in [2.45, 2.75) is 57.2 Å². The lowest BCUT2D eigenvalue weighted by Crippen LogP contribution is -2.59. The number of nitrogens with one attached hydrogen (secondary N) is 1. The molecule has 0 aliphatic heterocycles. The maximum Gasteiger partial charge on any atom is 0.389 e. The quantitative estimate of drug-likeness (QED) is 0.771. The lowest BCUT2D eigenvalue weighted by molar-refractivity contribution is -0.134. The Balaban J connectivity index is 0.00000400. The lowest BCUT2D eigenvalue weighted by Gasteiger charge is -2.42. The summed E-state index contributed by atoms with van der Waals surface area (Å²) in [6.45, 7) is 2.11. The van der Waals surface area contributed by atoms with Crippen molar-refractivity contribution in [3.8, 4) is 0 Å². The molecule has 9 heteroatoms. The number of alkyl halides is 3. The Morgan fingerprint density at radius 3 is 2.43 bits per heavy atom. The SMILES string of the molecule is CC1CCCCC1(CN)NS(=O)(=O)CCCC(F)(F)F.Cl. The van der Waals surface area contributed by atoms with Crippen molar-refractivity contribution in [3.63, 3.8) is 0 Å². The van der Waals surface area contributed by atoms with Gasteiger partial charge >= 0.3 is 6.18 Å². The maximum absolute atomic E-state index is 12.1. The van der Waals surface area contributed by atoms with E-state index in [0.717, 1.165) is 19.3 Å². The Hall–Kier alpha value is -0.0500. The van der Waals surface area contributed by atoms with Gasteiger partial charge in [0, 0.05) is 18.5 Å². The highest BCUT2D eigenvalue weighted by Gasteiger charge is 2.40. The van der Waals surface area contributed by atoms with E-state index >= 15 is 0 Å². The van der Waals surface area contributed by atoms with Crippen LogP contribution in [0.4, 0.5) is 13.2 Å². The molecule has 0 spiro atoms. The molecule has 0 aromatic carbocycles. The molecule has 1 aliphatic rings. The topological polar surface area (TPSA) is 72.2 Å². The molecule has 1 saturated carbocycles. The van der Waals surface area contributed by atoms with Crippen molar-refractivity contribution in [1.29, 1.82) is 0 Å². The van der Waals surface area contributed by atoms with E-state index < -0.39 is 40.3 Å². The maximum atomic E-state index is 12.1. The molecule has 21 heavy (non-hydrogen) atoms. The summed E-state index contributed by atoms with van der Waals surface area (Å²) in [5, 5.41) is 0. The van der Waals surface area contributed by atoms with Crippen molar-refractivity contribution in [2.24, 2.45) is 11.7 Å². The largest absolute Gasteiger partial charge is 0.389 e. The van der Waals surface area contributed by atoms with Gasteiger partial charge in [-0.1, -0.05) is 19.8 Å². The fourth-order valence-electron chi connectivity index (χ4n) is 2.73. The minimum Gasteiger partial charge on any atom is -0.329 e. The van der Waals surface area contributed by atoms with E-state index in [0.29, 0.717) is 6.42 Å². The molecule has 0 aromatic heterocycles. The Bertz CT molecular complexity index is 417. The molecular formula is C12H24ClF3N2O2S. The van der Waals surface area contributed by atoms with E-state index in [9.17, 15) is 21.6 Å². The molecule has 2 unspecified atom stereocenters. The smallest absolute Gasteiger partial charge is 0.329 e. The number of nitrogens with two attached hydrogens (primary N) is 1. The van der Waals surface area contributed by atoms with E-state index in [1.807, 2.05) is 6.92 Å². The van der Waals surface area contributed by atoms with Gasteiger partial charge in [0.2, 0.25) is 10.0 Å². The van der Waals surface area contributed by atoms with Crippen molar-refractivity contribution < 1.29 is 21.6 Å². The van der Waals surface area contributed by atoms with E-state index in [1.54, 1.807) is 0 Å². The number of hydrogen-bond donors (Lipinski definition) is 2. The zero-order chi connectivity index (χ0) is 15.4. The second-order valence-electron chi connectivity index (χ2n) is 5.65. The summed E-state index contributed by atoms with van der Waals surface area (Å²) in [6.07, 6.45) is -2.40. The Morgan fingerprint density at radius 2 is 1.95 bits per heavy atom. The van der Waals surface area contributed by atoms with Gasteiger partial charge < -0.3 is 5.73 Å². The van der Waals surface area contributed by atoms with Crippen LogP contribution in [-0.2, 0) is 10.0 Å². The van der Waals surface area contributed by atoms with Crippen LogP contribution in [-0.4, -0.2) is 32.4 Å². The van der Waals surface area contributed by atoms with Crippen molar-refractivity contribution in [1.82, 2.24) is 4.72 Å². The number of rotatable bonds is 6. The average molecular weight is 353 g/mol. The highest BCUT2D eigenvalue weighted by molar-refractivity contribution is 7.89. The summed E-state index contributed by atoms with van der Waals surface area (Å²) in [4.78, 5) is 0. The van der Waals surface area contributed by atoms with Crippen LogP contribution < -0.4 is 10.5 Å². The lowest BCUT2D eigenvalue weighted by atomic mass is 9.74. The molecule has 0 bridgehead atoms. The third kappa shape index (κ3) is 6.71. The monoisotopic (exact) mass is 352 g/mol. The van der Waals surface area contributed by atoms with Crippen LogP contribution in [0.25, 0.3) is 0 Å². The van der Waals surface area contributed by atoms with Gasteiger partial charge in [0.15, 0.2) is 0 Å². The second kappa shape index (κ2) is 7.99. The summed E-state index contributed by atoms with van der Waals surface area (Å²) >= 11 is 0. The van der Waals surface area contributed by atoms with Gasteiger partial charge in [-0.2, -0.15) is 13.2 Å². The molecule has 3 N–H and O–H groups in total. The van der Waals surface area contributed by atoms with Gasteiger partial charge in [0.25, 0.3) is 0 Å². The van der Waals surface area contributed by atoms with Gasteiger partial charge in [-0.25, -0.2) is 13.1 Å². The van der Waals surface area contributed by atoms with Gasteiger partial charge in [-0.05, 0) is 25.2 Å². The zero-order valence-corrected chi connectivity index (χ0v) is 13.7. The Kier molecular flexibility index (Phi) is 7.97. The predicted molar refractivity (Wildman–Crippen MR) is 78.9 cm³/mol. The summed E-state index contributed by atoms with van der Waals surface area (Å²) in [5.74, 6) is -0.417. The summed E-state index contributed by atoms with van der Waals surface area (Å²) in [6, 6.07) is 0.